The van der Waals surface area contributed by atoms with Crippen molar-refractivity contribution in [3.8, 4) is 0 Å². The zero-order chi connectivity index (χ0) is 20.2. The van der Waals surface area contributed by atoms with Crippen molar-refractivity contribution in [1.82, 2.24) is 14.9 Å². The van der Waals surface area contributed by atoms with Crippen LogP contribution in [0.3, 0.4) is 0 Å². The summed E-state index contributed by atoms with van der Waals surface area (Å²) < 4.78 is 0.601. The molecule has 7 heteroatoms. The Morgan fingerprint density at radius 3 is 2.52 bits per heavy atom. The first-order chi connectivity index (χ1) is 14.1. The molecule has 2 aromatic carbocycles. The highest BCUT2D eigenvalue weighted by atomic mass is 32.2. The summed E-state index contributed by atoms with van der Waals surface area (Å²) in [6.07, 6.45) is 0. The zero-order valence-corrected chi connectivity index (χ0v) is 17.4. The third kappa shape index (κ3) is 4.41. The topological polar surface area (TPSA) is 66.1 Å². The number of carbonyl (C=O) groups is 1. The van der Waals surface area contributed by atoms with Crippen LogP contribution in [0.4, 0.5) is 0 Å². The molecule has 0 aliphatic heterocycles. The number of fused-ring (bicyclic) bond motifs is 1. The highest BCUT2D eigenvalue weighted by Gasteiger charge is 2.25. The molecule has 1 atom stereocenters. The van der Waals surface area contributed by atoms with Gasteiger partial charge in [0, 0.05) is 11.9 Å². The number of hydrogen-bond donors (Lipinski definition) is 1. The summed E-state index contributed by atoms with van der Waals surface area (Å²) in [6.45, 7) is 0.235. The predicted octanol–water partition coefficient (Wildman–Crippen LogP) is 4.48. The largest absolute Gasteiger partial charge is 0.337 e. The lowest BCUT2D eigenvalue weighted by Gasteiger charge is -2.23. The minimum absolute atomic E-state index is 0.0434. The van der Waals surface area contributed by atoms with E-state index >= 15 is 0 Å². The van der Waals surface area contributed by atoms with Crippen LogP contribution in [0.2, 0.25) is 0 Å². The molecule has 0 bridgehead atoms. The van der Waals surface area contributed by atoms with Crippen molar-refractivity contribution >= 4 is 39.2 Å². The van der Waals surface area contributed by atoms with Crippen LogP contribution in [0, 0.1) is 0 Å². The van der Waals surface area contributed by atoms with Crippen molar-refractivity contribution in [3.63, 3.8) is 0 Å². The van der Waals surface area contributed by atoms with E-state index in [9.17, 15) is 9.59 Å². The maximum absolute atomic E-state index is 13.3. The maximum Gasteiger partial charge on any atom is 0.268 e. The van der Waals surface area contributed by atoms with Crippen molar-refractivity contribution in [1.29, 1.82) is 0 Å². The molecule has 29 heavy (non-hydrogen) atoms. The Balaban J connectivity index is 1.59. The Morgan fingerprint density at radius 2 is 1.79 bits per heavy atom. The van der Waals surface area contributed by atoms with Crippen molar-refractivity contribution in [2.45, 2.75) is 16.7 Å². The van der Waals surface area contributed by atoms with Gasteiger partial charge in [-0.3, -0.25) is 9.59 Å². The van der Waals surface area contributed by atoms with Gasteiger partial charge in [0.25, 0.3) is 5.56 Å². The molecule has 0 spiro atoms. The van der Waals surface area contributed by atoms with Crippen molar-refractivity contribution in [3.05, 3.63) is 93.9 Å². The summed E-state index contributed by atoms with van der Waals surface area (Å²) in [5, 5.41) is 1.45. The van der Waals surface area contributed by atoms with Gasteiger partial charge in [-0.25, -0.2) is 4.98 Å². The Labute approximate surface area is 176 Å². The Hall–Kier alpha value is -2.90. The third-order valence-electron chi connectivity index (χ3n) is 4.45. The van der Waals surface area contributed by atoms with Gasteiger partial charge in [0.1, 0.15) is 15.8 Å². The molecule has 4 rings (SSSR count). The molecule has 1 unspecified atom stereocenters. The zero-order valence-electron chi connectivity index (χ0n) is 15.7. The molecule has 0 aliphatic carbocycles. The van der Waals surface area contributed by atoms with Crippen LogP contribution in [0.15, 0.2) is 81.8 Å². The fourth-order valence-electron chi connectivity index (χ4n) is 3.02. The van der Waals surface area contributed by atoms with Crippen LogP contribution in [0.1, 0.15) is 16.6 Å². The Morgan fingerprint density at radius 1 is 1.10 bits per heavy atom. The van der Waals surface area contributed by atoms with Crippen LogP contribution >= 0.6 is 23.1 Å². The van der Waals surface area contributed by atoms with E-state index in [2.05, 4.69) is 9.97 Å². The minimum atomic E-state index is -0.389. The van der Waals surface area contributed by atoms with Crippen LogP contribution in [0.5, 0.6) is 0 Å². The summed E-state index contributed by atoms with van der Waals surface area (Å²) in [5.74, 6) is 0.436. The number of aromatic nitrogens is 2. The molecular formula is C22H19N3O2S2. The molecule has 0 radical (unpaired) electrons. The number of carbonyl (C=O) groups excluding carboxylic acids is 1. The van der Waals surface area contributed by atoms with E-state index in [4.69, 9.17) is 0 Å². The summed E-state index contributed by atoms with van der Waals surface area (Å²) in [7, 11) is 1.74. The van der Waals surface area contributed by atoms with Gasteiger partial charge in [0.2, 0.25) is 5.91 Å². The molecule has 1 N–H and O–H groups in total. The highest BCUT2D eigenvalue weighted by molar-refractivity contribution is 8.00. The number of aromatic amines is 1. The van der Waals surface area contributed by atoms with Gasteiger partial charge in [-0.2, -0.15) is 0 Å². The second kappa shape index (κ2) is 8.63. The van der Waals surface area contributed by atoms with E-state index in [1.807, 2.05) is 72.1 Å². The number of thioether (sulfide) groups is 1. The fraction of sp³-hybridized carbons (Fsp3) is 0.136. The average molecular weight is 422 g/mol. The number of amides is 1. The van der Waals surface area contributed by atoms with Crippen LogP contribution in [-0.4, -0.2) is 27.8 Å². The molecule has 4 aromatic rings. The molecule has 2 heterocycles. The normalized spacial score (nSPS) is 12.0. The lowest BCUT2D eigenvalue weighted by molar-refractivity contribution is -0.130. The lowest BCUT2D eigenvalue weighted by Crippen LogP contribution is -2.31. The molecule has 0 aliphatic rings. The van der Waals surface area contributed by atoms with Crippen LogP contribution in [0.25, 0.3) is 10.2 Å². The highest BCUT2D eigenvalue weighted by Crippen LogP contribution is 2.36. The molecule has 1 amide bonds. The SMILES string of the molecule is CN(Cc1nc2ccsc2c(=O)[nH]1)C(=O)C(Sc1ccccc1)c1ccccc1. The smallest absolute Gasteiger partial charge is 0.268 e. The number of likely N-dealkylation sites (N-methyl/N-ethyl adjacent to an activating group) is 1. The predicted molar refractivity (Wildman–Crippen MR) is 118 cm³/mol. The summed E-state index contributed by atoms with van der Waals surface area (Å²) in [4.78, 5) is 35.5. The molecular weight excluding hydrogens is 402 g/mol. The number of nitrogens with zero attached hydrogens (tertiary/aromatic N) is 2. The lowest BCUT2D eigenvalue weighted by atomic mass is 10.1. The number of H-pyrrole nitrogens is 1. The fourth-order valence-corrected chi connectivity index (χ4v) is 4.91. The van der Waals surface area contributed by atoms with Crippen LogP contribution < -0.4 is 5.56 Å². The number of thiophene rings is 1. The van der Waals surface area contributed by atoms with E-state index in [0.29, 0.717) is 16.0 Å². The van der Waals surface area contributed by atoms with Gasteiger partial charge in [0.15, 0.2) is 0 Å². The van der Waals surface area contributed by atoms with Gasteiger partial charge in [-0.15, -0.1) is 23.1 Å². The Kier molecular flexibility index (Phi) is 5.78. The molecule has 5 nitrogen and oxygen atoms in total. The molecule has 146 valence electrons. The summed E-state index contributed by atoms with van der Waals surface area (Å²) in [6, 6.07) is 21.4. The number of hydrogen-bond acceptors (Lipinski definition) is 5. The number of benzene rings is 2. The van der Waals surface area contributed by atoms with Crippen molar-refractivity contribution in [2.24, 2.45) is 0 Å². The van der Waals surface area contributed by atoms with E-state index < -0.39 is 0 Å². The van der Waals surface area contributed by atoms with Gasteiger partial charge in [-0.1, -0.05) is 48.5 Å². The second-order valence-corrected chi connectivity index (χ2v) is 8.66. The van der Waals surface area contributed by atoms with Gasteiger partial charge < -0.3 is 9.88 Å². The molecule has 2 aromatic heterocycles. The second-order valence-electron chi connectivity index (χ2n) is 6.56. The van der Waals surface area contributed by atoms with Gasteiger partial charge in [-0.05, 0) is 29.1 Å². The number of nitrogens with one attached hydrogen (secondary N) is 1. The van der Waals surface area contributed by atoms with Crippen molar-refractivity contribution in [2.75, 3.05) is 7.05 Å². The first-order valence-electron chi connectivity index (χ1n) is 9.10. The monoisotopic (exact) mass is 421 g/mol. The standard InChI is InChI=1S/C22H19N3O2S2/c1-25(14-18-23-17-12-13-28-20(17)21(26)24-18)22(27)19(15-8-4-2-5-9-15)29-16-10-6-3-7-11-16/h2-13,19H,14H2,1H3,(H,23,24,26). The molecule has 0 saturated heterocycles. The van der Waals surface area contributed by atoms with Gasteiger partial charge in [0.05, 0.1) is 12.1 Å². The maximum atomic E-state index is 13.3. The summed E-state index contributed by atoms with van der Waals surface area (Å²) in [5.41, 5.74) is 1.43. The minimum Gasteiger partial charge on any atom is -0.337 e. The quantitative estimate of drug-likeness (QED) is 0.466. The first-order valence-corrected chi connectivity index (χ1v) is 10.9. The van der Waals surface area contributed by atoms with Gasteiger partial charge >= 0.3 is 0 Å². The van der Waals surface area contributed by atoms with E-state index in [-0.39, 0.29) is 23.3 Å². The van der Waals surface area contributed by atoms with Crippen molar-refractivity contribution < 1.29 is 4.79 Å². The summed E-state index contributed by atoms with van der Waals surface area (Å²) >= 11 is 2.88. The van der Waals surface area contributed by atoms with E-state index in [0.717, 1.165) is 10.5 Å². The first kappa shape index (κ1) is 19.4. The van der Waals surface area contributed by atoms with E-state index in [1.54, 1.807) is 11.9 Å². The van der Waals surface area contributed by atoms with E-state index in [1.165, 1.54) is 23.1 Å². The van der Waals surface area contributed by atoms with Crippen LogP contribution in [-0.2, 0) is 11.3 Å². The number of rotatable bonds is 6. The average Bonchev–Trinajstić information content (AvgIpc) is 3.22. The Bertz CT molecular complexity index is 1170. The molecule has 0 fully saturated rings. The third-order valence-corrected chi connectivity index (χ3v) is 6.61. The molecule has 0 saturated carbocycles.